The van der Waals surface area contributed by atoms with Crippen molar-refractivity contribution >= 4 is 44.6 Å². The van der Waals surface area contributed by atoms with Gasteiger partial charge in [-0.1, -0.05) is 59.1 Å². The zero-order valence-corrected chi connectivity index (χ0v) is 23.7. The first-order valence-electron chi connectivity index (χ1n) is 11.2. The van der Waals surface area contributed by atoms with Crippen molar-refractivity contribution in [3.63, 3.8) is 0 Å². The number of hydrogen-bond acceptors (Lipinski definition) is 5. The second-order valence-corrected chi connectivity index (χ2v) is 12.3. The van der Waals surface area contributed by atoms with Crippen LogP contribution in [0.3, 0.4) is 0 Å². The van der Waals surface area contributed by atoms with E-state index in [9.17, 15) is 13.5 Å². The van der Waals surface area contributed by atoms with Crippen LogP contribution in [0.4, 0.5) is 0 Å². The summed E-state index contributed by atoms with van der Waals surface area (Å²) in [5.41, 5.74) is 2.09. The first-order valence-corrected chi connectivity index (χ1v) is 14.2. The van der Waals surface area contributed by atoms with Gasteiger partial charge in [0.1, 0.15) is 22.1 Å². The minimum absolute atomic E-state index is 0.0952. The molecule has 3 aromatic carbocycles. The van der Waals surface area contributed by atoms with Gasteiger partial charge in [-0.2, -0.15) is 0 Å². The van der Waals surface area contributed by atoms with Crippen molar-refractivity contribution in [1.82, 2.24) is 9.55 Å². The lowest BCUT2D eigenvalue weighted by Crippen LogP contribution is -2.15. The molecule has 37 heavy (non-hydrogen) atoms. The second kappa shape index (κ2) is 10.3. The van der Waals surface area contributed by atoms with E-state index >= 15 is 0 Å². The summed E-state index contributed by atoms with van der Waals surface area (Å²) in [5.74, 6) is 0.885. The van der Waals surface area contributed by atoms with Crippen molar-refractivity contribution in [2.75, 3.05) is 13.4 Å². The summed E-state index contributed by atoms with van der Waals surface area (Å²) < 4.78 is 31.6. The molecule has 10 heteroatoms. The highest BCUT2D eigenvalue weighted by Gasteiger charge is 2.24. The van der Waals surface area contributed by atoms with Crippen LogP contribution in [0.25, 0.3) is 16.8 Å². The zero-order chi connectivity index (χ0) is 27.1. The van der Waals surface area contributed by atoms with E-state index in [1.807, 2.05) is 28.8 Å². The highest BCUT2D eigenvalue weighted by Crippen LogP contribution is 2.35. The molecule has 1 heterocycles. The van der Waals surface area contributed by atoms with Crippen LogP contribution in [0.5, 0.6) is 5.75 Å². The van der Waals surface area contributed by atoms with E-state index in [2.05, 4.69) is 4.98 Å². The normalized spacial score (nSPS) is 12.1. The number of hydrogen-bond donors (Lipinski definition) is 1. The Balaban J connectivity index is 1.80. The molecule has 0 aliphatic rings. The third-order valence-electron chi connectivity index (χ3n) is 5.89. The van der Waals surface area contributed by atoms with Crippen molar-refractivity contribution < 1.29 is 18.3 Å². The first kappa shape index (κ1) is 27.5. The molecule has 0 saturated carbocycles. The quantitative estimate of drug-likeness (QED) is 0.263. The largest absolute Gasteiger partial charge is 0.495 e. The summed E-state index contributed by atoms with van der Waals surface area (Å²) in [6.45, 7) is 3.31. The predicted octanol–water partition coefficient (Wildman–Crippen LogP) is 6.73. The van der Waals surface area contributed by atoms with Crippen molar-refractivity contribution in [2.24, 2.45) is 0 Å². The fourth-order valence-corrected chi connectivity index (χ4v) is 5.45. The highest BCUT2D eigenvalue weighted by atomic mass is 35.5. The van der Waals surface area contributed by atoms with Crippen LogP contribution in [0, 0.1) is 0 Å². The number of sulfone groups is 1. The number of imidazole rings is 1. The van der Waals surface area contributed by atoms with E-state index in [0.29, 0.717) is 44.3 Å². The van der Waals surface area contributed by atoms with Crippen LogP contribution in [-0.2, 0) is 21.9 Å². The van der Waals surface area contributed by atoms with E-state index in [1.165, 1.54) is 7.11 Å². The molecule has 0 spiro atoms. The van der Waals surface area contributed by atoms with Crippen molar-refractivity contribution in [3.8, 4) is 22.6 Å². The van der Waals surface area contributed by atoms with Crippen LogP contribution in [0.2, 0.25) is 15.1 Å². The Kier molecular flexibility index (Phi) is 7.66. The zero-order valence-electron chi connectivity index (χ0n) is 20.6. The molecule has 0 aliphatic heterocycles. The number of nitrogens with zero attached hydrogens (tertiary/aromatic N) is 2. The standard InChI is InChI=1S/C27H25Cl3N2O4S/c1-27(2,33)24-15-32(25(31-24)14-18-6-5-7-19(28)26(18)30)21-10-8-16(12-20(21)29)17-9-11-22(36-3)23(13-17)37(4,34)35/h5-13,15,33H,14H2,1-4H3. The number of methoxy groups -OCH3 is 1. The third-order valence-corrected chi connectivity index (χ3v) is 8.17. The first-order chi connectivity index (χ1) is 17.3. The lowest BCUT2D eigenvalue weighted by Gasteiger charge is -2.14. The summed E-state index contributed by atoms with van der Waals surface area (Å²) in [7, 11) is -2.08. The van der Waals surface area contributed by atoms with Crippen LogP contribution < -0.4 is 4.74 Å². The molecule has 0 radical (unpaired) electrons. The highest BCUT2D eigenvalue weighted by molar-refractivity contribution is 7.90. The number of aliphatic hydroxyl groups is 1. The maximum atomic E-state index is 12.3. The van der Waals surface area contributed by atoms with Gasteiger partial charge in [-0.15, -0.1) is 0 Å². The predicted molar refractivity (Wildman–Crippen MR) is 148 cm³/mol. The number of aromatic nitrogens is 2. The van der Waals surface area contributed by atoms with Crippen LogP contribution >= 0.6 is 34.8 Å². The Morgan fingerprint density at radius 1 is 1.00 bits per heavy atom. The summed E-state index contributed by atoms with van der Waals surface area (Å²) in [4.78, 5) is 4.77. The smallest absolute Gasteiger partial charge is 0.179 e. The van der Waals surface area contributed by atoms with E-state index in [-0.39, 0.29) is 10.6 Å². The van der Waals surface area contributed by atoms with Gasteiger partial charge in [-0.05, 0) is 60.9 Å². The van der Waals surface area contributed by atoms with Gasteiger partial charge >= 0.3 is 0 Å². The number of halogens is 3. The molecule has 194 valence electrons. The molecule has 0 bridgehead atoms. The topological polar surface area (TPSA) is 81.4 Å². The molecule has 0 saturated heterocycles. The molecule has 4 rings (SSSR count). The van der Waals surface area contributed by atoms with Gasteiger partial charge in [-0.25, -0.2) is 13.4 Å². The Morgan fingerprint density at radius 2 is 1.68 bits per heavy atom. The molecule has 0 atom stereocenters. The summed E-state index contributed by atoms with van der Waals surface area (Å²) >= 11 is 19.4. The van der Waals surface area contributed by atoms with Crippen molar-refractivity contribution in [2.45, 2.75) is 30.8 Å². The number of rotatable bonds is 7. The van der Waals surface area contributed by atoms with Gasteiger partial charge in [0, 0.05) is 18.9 Å². The lowest BCUT2D eigenvalue weighted by atomic mass is 10.0. The van der Waals surface area contributed by atoms with Gasteiger partial charge in [0.2, 0.25) is 0 Å². The Bertz CT molecular complexity index is 1590. The van der Waals surface area contributed by atoms with Crippen LogP contribution in [0.15, 0.2) is 65.7 Å². The molecular formula is C27H25Cl3N2O4S. The monoisotopic (exact) mass is 578 g/mol. The molecular weight excluding hydrogens is 555 g/mol. The summed E-state index contributed by atoms with van der Waals surface area (Å²) in [6, 6.07) is 15.8. The minimum atomic E-state index is -3.50. The Morgan fingerprint density at radius 3 is 2.30 bits per heavy atom. The van der Waals surface area contributed by atoms with Gasteiger partial charge in [0.05, 0.1) is 33.6 Å². The molecule has 0 unspecified atom stereocenters. The fraction of sp³-hybridized carbons (Fsp3) is 0.222. The fourth-order valence-electron chi connectivity index (χ4n) is 3.93. The molecule has 1 aromatic heterocycles. The Hall–Kier alpha value is -2.55. The molecule has 0 aliphatic carbocycles. The maximum Gasteiger partial charge on any atom is 0.179 e. The average Bonchev–Trinajstić information content (AvgIpc) is 3.25. The van der Waals surface area contributed by atoms with Gasteiger partial charge in [0.15, 0.2) is 9.84 Å². The second-order valence-electron chi connectivity index (χ2n) is 9.17. The van der Waals surface area contributed by atoms with E-state index in [4.69, 9.17) is 39.5 Å². The van der Waals surface area contributed by atoms with Gasteiger partial charge in [-0.3, -0.25) is 0 Å². The molecule has 4 aromatic rings. The molecule has 0 amide bonds. The maximum absolute atomic E-state index is 12.3. The summed E-state index contributed by atoms with van der Waals surface area (Å²) in [5, 5.41) is 11.9. The average molecular weight is 580 g/mol. The van der Waals surface area contributed by atoms with E-state index < -0.39 is 15.4 Å². The van der Waals surface area contributed by atoms with Crippen LogP contribution in [-0.4, -0.2) is 36.4 Å². The van der Waals surface area contributed by atoms with Gasteiger partial charge in [0.25, 0.3) is 0 Å². The van der Waals surface area contributed by atoms with Crippen molar-refractivity contribution in [1.29, 1.82) is 0 Å². The molecule has 0 fully saturated rings. The SMILES string of the molecule is COc1ccc(-c2ccc(-n3cc(C(C)(C)O)nc3Cc3cccc(Cl)c3Cl)c(Cl)c2)cc1S(C)(=O)=O. The lowest BCUT2D eigenvalue weighted by molar-refractivity contribution is 0.0741. The number of benzene rings is 3. The van der Waals surface area contributed by atoms with Gasteiger partial charge < -0.3 is 14.4 Å². The van der Waals surface area contributed by atoms with E-state index in [1.54, 1.807) is 50.4 Å². The van der Waals surface area contributed by atoms with Crippen LogP contribution in [0.1, 0.15) is 30.9 Å². The summed E-state index contributed by atoms with van der Waals surface area (Å²) in [6.07, 6.45) is 3.23. The van der Waals surface area contributed by atoms with E-state index in [0.717, 1.165) is 17.4 Å². The molecule has 1 N–H and O–H groups in total. The van der Waals surface area contributed by atoms with Crippen molar-refractivity contribution in [3.05, 3.63) is 92.9 Å². The Labute approximate surface area is 231 Å². The third kappa shape index (κ3) is 5.81. The molecule has 6 nitrogen and oxygen atoms in total. The minimum Gasteiger partial charge on any atom is -0.495 e. The number of ether oxygens (including phenoxy) is 1.